The first-order valence-corrected chi connectivity index (χ1v) is 25.8. The second-order valence-corrected chi connectivity index (χ2v) is 20.8. The fourth-order valence-corrected chi connectivity index (χ4v) is 14.0. The molecule has 1 aliphatic heterocycles. The van der Waals surface area contributed by atoms with Crippen molar-refractivity contribution in [1.82, 2.24) is 0 Å². The Hall–Kier alpha value is -8.01. The van der Waals surface area contributed by atoms with Gasteiger partial charge in [0.25, 0.3) is 0 Å². The summed E-state index contributed by atoms with van der Waals surface area (Å²) < 4.78 is 28.7. The van der Waals surface area contributed by atoms with Gasteiger partial charge in [0, 0.05) is 38.8 Å². The maximum absolute atomic E-state index is 15.2. The maximum Gasteiger partial charge on any atom is 0.584 e. The van der Waals surface area contributed by atoms with E-state index >= 15 is 4.57 Å². The van der Waals surface area contributed by atoms with Gasteiger partial charge in [-0.25, -0.2) is 4.57 Å². The lowest BCUT2D eigenvalue weighted by Gasteiger charge is -2.35. The third-order valence-electron chi connectivity index (χ3n) is 16.0. The molecule has 0 amide bonds. The molecule has 4 nitrogen and oxygen atoms in total. The van der Waals surface area contributed by atoms with E-state index in [0.29, 0.717) is 11.5 Å². The average Bonchev–Trinajstić information content (AvgIpc) is 3.97. The first-order chi connectivity index (χ1) is 34.4. The lowest BCUT2D eigenvalue weighted by atomic mass is 9.73. The number of aryl methyl sites for hydroxylation is 2. The van der Waals surface area contributed by atoms with E-state index in [1.54, 1.807) is 0 Å². The molecule has 332 valence electrons. The molecule has 3 aliphatic rings. The molecule has 0 radical (unpaired) electrons. The molecular formula is C65H43O4P. The summed E-state index contributed by atoms with van der Waals surface area (Å²) in [5.41, 5.74) is 12.0. The van der Waals surface area contributed by atoms with Crippen LogP contribution in [0.3, 0.4) is 0 Å². The highest BCUT2D eigenvalue weighted by atomic mass is 31.2. The molecule has 0 bridgehead atoms. The van der Waals surface area contributed by atoms with E-state index in [-0.39, 0.29) is 0 Å². The van der Waals surface area contributed by atoms with Crippen LogP contribution in [0.15, 0.2) is 206 Å². The fraction of sp³-hybridized carbons (Fsp3) is 0.0769. The summed E-state index contributed by atoms with van der Waals surface area (Å²) >= 11 is 0. The molecule has 0 unspecified atom stereocenters. The summed E-state index contributed by atoms with van der Waals surface area (Å²) in [5.74, 6) is 0.906. The van der Waals surface area contributed by atoms with Gasteiger partial charge >= 0.3 is 7.82 Å². The van der Waals surface area contributed by atoms with Crippen LogP contribution in [0, 0.1) is 0 Å². The molecule has 1 spiro atoms. The van der Waals surface area contributed by atoms with Crippen molar-refractivity contribution in [3.63, 3.8) is 0 Å². The molecule has 0 saturated heterocycles. The molecule has 0 saturated carbocycles. The first kappa shape index (κ1) is 39.9. The third kappa shape index (κ3) is 5.66. The van der Waals surface area contributed by atoms with Gasteiger partial charge in [0.05, 0.1) is 0 Å². The van der Waals surface area contributed by atoms with Crippen LogP contribution in [-0.2, 0) is 22.8 Å². The largest absolute Gasteiger partial charge is 0.584 e. The van der Waals surface area contributed by atoms with Crippen LogP contribution >= 0.6 is 7.82 Å². The summed E-state index contributed by atoms with van der Waals surface area (Å²) in [6, 6.07) is 73.5. The summed E-state index contributed by atoms with van der Waals surface area (Å²) in [4.78, 5) is 12.4. The Morgan fingerprint density at radius 3 is 1.07 bits per heavy atom. The molecule has 12 aromatic carbocycles. The Balaban J connectivity index is 0.981. The molecule has 0 aromatic heterocycles. The molecule has 2 aliphatic carbocycles. The molecule has 15 rings (SSSR count). The molecule has 12 aromatic rings. The Morgan fingerprint density at radius 2 is 0.700 bits per heavy atom. The van der Waals surface area contributed by atoms with E-state index < -0.39 is 13.2 Å². The molecule has 1 N–H and O–H groups in total. The van der Waals surface area contributed by atoms with Gasteiger partial charge in [0.15, 0.2) is 0 Å². The normalized spacial score (nSPS) is 15.2. The van der Waals surface area contributed by atoms with Crippen LogP contribution in [0.2, 0.25) is 0 Å². The van der Waals surface area contributed by atoms with Gasteiger partial charge in [-0.15, -0.1) is 0 Å². The molecule has 70 heavy (non-hydrogen) atoms. The minimum atomic E-state index is -4.86. The number of hydrogen-bond donors (Lipinski definition) is 1. The van der Waals surface area contributed by atoms with Crippen molar-refractivity contribution in [2.24, 2.45) is 0 Å². The fourth-order valence-electron chi connectivity index (χ4n) is 13.1. The van der Waals surface area contributed by atoms with E-state index in [9.17, 15) is 4.89 Å². The lowest BCUT2D eigenvalue weighted by molar-refractivity contribution is 0.281. The highest BCUT2D eigenvalue weighted by Crippen LogP contribution is 2.66. The van der Waals surface area contributed by atoms with E-state index in [1.807, 2.05) is 0 Å². The van der Waals surface area contributed by atoms with E-state index in [2.05, 4.69) is 206 Å². The van der Waals surface area contributed by atoms with Gasteiger partial charge in [-0.1, -0.05) is 194 Å². The van der Waals surface area contributed by atoms with Crippen LogP contribution in [0.5, 0.6) is 11.5 Å². The topological polar surface area (TPSA) is 55.8 Å². The summed E-state index contributed by atoms with van der Waals surface area (Å²) in [7, 11) is -4.86. The zero-order valence-corrected chi connectivity index (χ0v) is 39.0. The van der Waals surface area contributed by atoms with Crippen LogP contribution in [0.1, 0.15) is 35.1 Å². The van der Waals surface area contributed by atoms with E-state index in [0.717, 1.165) is 136 Å². The average molecular weight is 919 g/mol. The Morgan fingerprint density at radius 1 is 0.371 bits per heavy atom. The number of phosphoric acid groups is 1. The zero-order chi connectivity index (χ0) is 46.3. The minimum absolute atomic E-state index is 0.453. The quantitative estimate of drug-likeness (QED) is 0.141. The van der Waals surface area contributed by atoms with Crippen LogP contribution in [0.4, 0.5) is 0 Å². The van der Waals surface area contributed by atoms with Crippen molar-refractivity contribution in [3.05, 3.63) is 229 Å². The van der Waals surface area contributed by atoms with Crippen molar-refractivity contribution < 1.29 is 18.5 Å². The monoisotopic (exact) mass is 918 g/mol. The molecule has 1 heterocycles. The standard InChI is InChI=1S/C65H43O4P/c66-70(67)68-63-55(59-51-21-9-5-17-47(51)57(48-18-6-10-22-52(48)59)45-27-25-39-13-1-3-15-43(39)37-45)31-29-41-33-35-65(61(41)63)36-34-42-30-32-56(64(69-70)62(42)65)60-53-23-11-7-19-49(53)58(50-20-8-12-24-54(50)60)46-28-26-40-14-2-4-16-44(40)38-46/h1-32,37-38H,33-36H2,(H,66,67). The van der Waals surface area contributed by atoms with Crippen molar-refractivity contribution in [3.8, 4) is 56.0 Å². The van der Waals surface area contributed by atoms with Crippen LogP contribution in [-0.4, -0.2) is 4.89 Å². The van der Waals surface area contributed by atoms with Gasteiger partial charge in [0.1, 0.15) is 11.5 Å². The highest BCUT2D eigenvalue weighted by molar-refractivity contribution is 7.48. The lowest BCUT2D eigenvalue weighted by Crippen LogP contribution is -2.25. The van der Waals surface area contributed by atoms with Gasteiger partial charge < -0.3 is 9.05 Å². The van der Waals surface area contributed by atoms with Crippen LogP contribution < -0.4 is 9.05 Å². The zero-order valence-electron chi connectivity index (χ0n) is 38.1. The predicted molar refractivity (Wildman–Crippen MR) is 288 cm³/mol. The van der Waals surface area contributed by atoms with Crippen molar-refractivity contribution in [1.29, 1.82) is 0 Å². The van der Waals surface area contributed by atoms with Gasteiger partial charge in [-0.05, 0) is 136 Å². The first-order valence-electron chi connectivity index (χ1n) is 24.3. The Labute approximate surface area is 404 Å². The van der Waals surface area contributed by atoms with Crippen molar-refractivity contribution in [2.45, 2.75) is 31.1 Å². The van der Waals surface area contributed by atoms with E-state index in [4.69, 9.17) is 9.05 Å². The smallest absolute Gasteiger partial charge is 0.394 e. The molecule has 0 atom stereocenters. The van der Waals surface area contributed by atoms with Crippen molar-refractivity contribution >= 4 is 72.5 Å². The minimum Gasteiger partial charge on any atom is -0.394 e. The second kappa shape index (κ2) is 14.7. The van der Waals surface area contributed by atoms with Gasteiger partial charge in [-0.3, -0.25) is 4.89 Å². The van der Waals surface area contributed by atoms with Crippen LogP contribution in [0.25, 0.3) is 109 Å². The Bertz CT molecular complexity index is 3930. The predicted octanol–water partition coefficient (Wildman–Crippen LogP) is 17.3. The summed E-state index contributed by atoms with van der Waals surface area (Å²) in [6.45, 7) is 0. The summed E-state index contributed by atoms with van der Waals surface area (Å²) in [5, 5.41) is 13.4. The SMILES string of the molecule is O=P1(O)Oc2c(-c3c4ccccc4c(-c4ccc5ccccc5c4)c4ccccc34)ccc3c2C2(CC3)CCc3ccc(-c4c5ccccc5c(-c5ccc6ccccc6c5)c5ccccc45)c(c32)O1. The Kier molecular flexibility index (Phi) is 8.41. The number of fused-ring (bicyclic) bond motifs is 6. The number of rotatable bonds is 4. The number of phosphoric ester groups is 1. The maximum atomic E-state index is 15.2. The van der Waals surface area contributed by atoms with Gasteiger partial charge in [-0.2, -0.15) is 0 Å². The number of hydrogen-bond acceptors (Lipinski definition) is 3. The summed E-state index contributed by atoms with van der Waals surface area (Å²) in [6.07, 6.45) is 3.32. The van der Waals surface area contributed by atoms with Crippen molar-refractivity contribution in [2.75, 3.05) is 0 Å². The molecule has 5 heteroatoms. The van der Waals surface area contributed by atoms with Gasteiger partial charge in [0.2, 0.25) is 0 Å². The number of benzene rings is 12. The van der Waals surface area contributed by atoms with E-state index in [1.165, 1.54) is 21.5 Å². The highest BCUT2D eigenvalue weighted by Gasteiger charge is 2.53. The molecule has 0 fully saturated rings. The third-order valence-corrected chi connectivity index (χ3v) is 16.8. The second-order valence-electron chi connectivity index (χ2n) is 19.5. The molecular weight excluding hydrogens is 876 g/mol.